The maximum Gasteiger partial charge on any atom is 0.160 e. The molecule has 2 N–H and O–H groups in total. The van der Waals surface area contributed by atoms with E-state index in [-0.39, 0.29) is 5.60 Å². The zero-order valence-corrected chi connectivity index (χ0v) is 13.2. The van der Waals surface area contributed by atoms with Crippen molar-refractivity contribution < 1.29 is 4.74 Å². The Balaban J connectivity index is 2.32. The maximum atomic E-state index is 5.89. The van der Waals surface area contributed by atoms with Gasteiger partial charge in [-0.3, -0.25) is 0 Å². The van der Waals surface area contributed by atoms with E-state index in [1.165, 1.54) is 0 Å². The van der Waals surface area contributed by atoms with Crippen LogP contribution < -0.4 is 5.73 Å². The van der Waals surface area contributed by atoms with Gasteiger partial charge in [0.2, 0.25) is 0 Å². The summed E-state index contributed by atoms with van der Waals surface area (Å²) in [4.78, 5) is 9.38. The van der Waals surface area contributed by atoms with E-state index in [4.69, 9.17) is 15.5 Å². The molecule has 0 amide bonds. The lowest BCUT2D eigenvalue weighted by molar-refractivity contribution is -0.0731. The molecule has 1 heterocycles. The largest absolute Gasteiger partial charge is 0.370 e. The molecule has 20 heavy (non-hydrogen) atoms. The summed E-state index contributed by atoms with van der Waals surface area (Å²) in [5.41, 5.74) is 7.75. The average Bonchev–Trinajstić information content (AvgIpc) is 2.39. The van der Waals surface area contributed by atoms with E-state index in [9.17, 15) is 0 Å². The predicted molar refractivity (Wildman–Crippen MR) is 80.5 cm³/mol. The lowest BCUT2D eigenvalue weighted by Gasteiger charge is -2.41. The lowest BCUT2D eigenvalue weighted by atomic mass is 9.70. The van der Waals surface area contributed by atoms with E-state index in [0.29, 0.717) is 12.0 Å². The Morgan fingerprint density at radius 2 is 1.85 bits per heavy atom. The van der Waals surface area contributed by atoms with Gasteiger partial charge in [0.1, 0.15) is 5.60 Å². The Bertz CT molecular complexity index is 461. The number of aromatic nitrogens is 2. The third-order valence-electron chi connectivity index (χ3n) is 4.52. The first-order valence-corrected chi connectivity index (χ1v) is 7.51. The number of hydrogen-bond acceptors (Lipinski definition) is 4. The maximum absolute atomic E-state index is 5.89. The Hall–Kier alpha value is -1.00. The summed E-state index contributed by atoms with van der Waals surface area (Å²) in [7, 11) is 1.78. The predicted octanol–water partition coefficient (Wildman–Crippen LogP) is 2.73. The van der Waals surface area contributed by atoms with Crippen LogP contribution in [0.25, 0.3) is 0 Å². The topological polar surface area (TPSA) is 61.0 Å². The quantitative estimate of drug-likeness (QED) is 0.919. The Labute approximate surface area is 122 Å². The van der Waals surface area contributed by atoms with E-state index in [1.54, 1.807) is 7.11 Å². The van der Waals surface area contributed by atoms with Gasteiger partial charge in [0.25, 0.3) is 0 Å². The SMILES string of the molecule is COC1(c2nc(C)cc(CCN)n2)CCC(C)(C)CC1. The highest BCUT2D eigenvalue weighted by atomic mass is 16.5. The van der Waals surface area contributed by atoms with Gasteiger partial charge in [-0.05, 0) is 50.6 Å². The summed E-state index contributed by atoms with van der Waals surface area (Å²) < 4.78 is 5.89. The Morgan fingerprint density at radius 3 is 2.40 bits per heavy atom. The van der Waals surface area contributed by atoms with Crippen molar-refractivity contribution in [2.75, 3.05) is 13.7 Å². The molecule has 0 bridgehead atoms. The van der Waals surface area contributed by atoms with Gasteiger partial charge in [-0.2, -0.15) is 0 Å². The summed E-state index contributed by atoms with van der Waals surface area (Å²) in [6, 6.07) is 2.02. The van der Waals surface area contributed by atoms with Gasteiger partial charge in [0.15, 0.2) is 5.82 Å². The first-order valence-electron chi connectivity index (χ1n) is 7.51. The van der Waals surface area contributed by atoms with Gasteiger partial charge in [-0.1, -0.05) is 13.8 Å². The van der Waals surface area contributed by atoms with Crippen LogP contribution in [0.15, 0.2) is 6.07 Å². The van der Waals surface area contributed by atoms with Crippen LogP contribution in [0.3, 0.4) is 0 Å². The number of methoxy groups -OCH3 is 1. The second-order valence-electron chi connectivity index (χ2n) is 6.73. The molecule has 0 aromatic carbocycles. The van der Waals surface area contributed by atoms with Crippen molar-refractivity contribution in [1.82, 2.24) is 9.97 Å². The van der Waals surface area contributed by atoms with Crippen LogP contribution in [0.2, 0.25) is 0 Å². The number of rotatable bonds is 4. The van der Waals surface area contributed by atoms with Crippen molar-refractivity contribution >= 4 is 0 Å². The molecule has 0 atom stereocenters. The summed E-state index contributed by atoms with van der Waals surface area (Å²) in [5.74, 6) is 0.846. The molecular weight excluding hydrogens is 250 g/mol. The first kappa shape index (κ1) is 15.4. The number of hydrogen-bond donors (Lipinski definition) is 1. The minimum atomic E-state index is -0.315. The van der Waals surface area contributed by atoms with E-state index in [2.05, 4.69) is 18.8 Å². The third-order valence-corrected chi connectivity index (χ3v) is 4.52. The molecule has 2 rings (SSSR count). The zero-order valence-electron chi connectivity index (χ0n) is 13.2. The molecule has 112 valence electrons. The third kappa shape index (κ3) is 3.18. The molecule has 4 heteroatoms. The molecule has 1 aromatic heterocycles. The lowest BCUT2D eigenvalue weighted by Crippen LogP contribution is -2.38. The summed E-state index contributed by atoms with van der Waals surface area (Å²) in [6.07, 6.45) is 5.06. The standard InChI is InChI=1S/C16H27N3O/c1-12-11-13(5-10-17)19-14(18-12)16(20-4)8-6-15(2,3)7-9-16/h11H,5-10,17H2,1-4H3. The molecule has 0 radical (unpaired) electrons. The van der Waals surface area contributed by atoms with Crippen molar-refractivity contribution in [3.8, 4) is 0 Å². The molecule has 4 nitrogen and oxygen atoms in total. The van der Waals surface area contributed by atoms with Gasteiger partial charge in [0, 0.05) is 24.9 Å². The number of aryl methyl sites for hydroxylation is 1. The summed E-state index contributed by atoms with van der Waals surface area (Å²) in [5, 5.41) is 0. The van der Waals surface area contributed by atoms with Gasteiger partial charge >= 0.3 is 0 Å². The second kappa shape index (κ2) is 5.78. The van der Waals surface area contributed by atoms with Crippen LogP contribution in [-0.4, -0.2) is 23.6 Å². The smallest absolute Gasteiger partial charge is 0.160 e. The highest BCUT2D eigenvalue weighted by molar-refractivity contribution is 5.15. The minimum Gasteiger partial charge on any atom is -0.370 e. The van der Waals surface area contributed by atoms with E-state index in [1.807, 2.05) is 13.0 Å². The Kier molecular flexibility index (Phi) is 4.45. The zero-order chi connectivity index (χ0) is 14.8. The number of nitrogens with zero attached hydrogens (tertiary/aromatic N) is 2. The number of nitrogens with two attached hydrogens (primary N) is 1. The summed E-state index contributed by atoms with van der Waals surface area (Å²) in [6.45, 7) is 7.28. The van der Waals surface area contributed by atoms with Crippen molar-refractivity contribution in [3.63, 3.8) is 0 Å². The van der Waals surface area contributed by atoms with Crippen molar-refractivity contribution in [2.24, 2.45) is 11.1 Å². The van der Waals surface area contributed by atoms with Crippen molar-refractivity contribution in [1.29, 1.82) is 0 Å². The number of ether oxygens (including phenoxy) is 1. The molecule has 0 saturated heterocycles. The molecule has 1 aliphatic carbocycles. The van der Waals surface area contributed by atoms with Gasteiger partial charge in [-0.25, -0.2) is 9.97 Å². The molecule has 1 aliphatic rings. The first-order chi connectivity index (χ1) is 9.41. The summed E-state index contributed by atoms with van der Waals surface area (Å²) >= 11 is 0. The van der Waals surface area contributed by atoms with E-state index in [0.717, 1.165) is 49.3 Å². The van der Waals surface area contributed by atoms with Gasteiger partial charge < -0.3 is 10.5 Å². The fraction of sp³-hybridized carbons (Fsp3) is 0.750. The monoisotopic (exact) mass is 277 g/mol. The molecule has 0 spiro atoms. The normalized spacial score (nSPS) is 20.9. The van der Waals surface area contributed by atoms with Crippen molar-refractivity contribution in [3.05, 3.63) is 23.3 Å². The highest BCUT2D eigenvalue weighted by Crippen LogP contribution is 2.46. The van der Waals surface area contributed by atoms with Crippen LogP contribution in [0.1, 0.15) is 56.7 Å². The van der Waals surface area contributed by atoms with Gasteiger partial charge in [0.05, 0.1) is 0 Å². The van der Waals surface area contributed by atoms with Crippen LogP contribution in [0.4, 0.5) is 0 Å². The van der Waals surface area contributed by atoms with E-state index < -0.39 is 0 Å². The Morgan fingerprint density at radius 1 is 1.20 bits per heavy atom. The van der Waals surface area contributed by atoms with Crippen LogP contribution in [0, 0.1) is 12.3 Å². The minimum absolute atomic E-state index is 0.315. The van der Waals surface area contributed by atoms with E-state index >= 15 is 0 Å². The molecular formula is C16H27N3O. The highest BCUT2D eigenvalue weighted by Gasteiger charge is 2.42. The molecule has 1 aromatic rings. The molecule has 1 fully saturated rings. The van der Waals surface area contributed by atoms with Crippen LogP contribution >= 0.6 is 0 Å². The molecule has 0 aliphatic heterocycles. The molecule has 1 saturated carbocycles. The fourth-order valence-electron chi connectivity index (χ4n) is 2.96. The van der Waals surface area contributed by atoms with Gasteiger partial charge in [-0.15, -0.1) is 0 Å². The van der Waals surface area contributed by atoms with Crippen LogP contribution in [0.5, 0.6) is 0 Å². The van der Waals surface area contributed by atoms with Crippen molar-refractivity contribution in [2.45, 2.75) is 58.5 Å². The average molecular weight is 277 g/mol. The fourth-order valence-corrected chi connectivity index (χ4v) is 2.96. The molecule has 0 unspecified atom stereocenters. The van der Waals surface area contributed by atoms with Crippen LogP contribution in [-0.2, 0) is 16.8 Å². The second-order valence-corrected chi connectivity index (χ2v) is 6.73.